The summed E-state index contributed by atoms with van der Waals surface area (Å²) >= 11 is 0. The third-order valence-electron chi connectivity index (χ3n) is 2.72. The van der Waals surface area contributed by atoms with Crippen molar-refractivity contribution in [2.24, 2.45) is 0 Å². The summed E-state index contributed by atoms with van der Waals surface area (Å²) in [6.07, 6.45) is 1.62. The predicted molar refractivity (Wildman–Crippen MR) is 74.3 cm³/mol. The number of nitrogens with one attached hydrogen (secondary N) is 1. The Balaban J connectivity index is 1.94. The number of methoxy groups -OCH3 is 1. The third kappa shape index (κ3) is 4.77. The van der Waals surface area contributed by atoms with E-state index in [1.54, 1.807) is 25.4 Å². The molecule has 0 atom stereocenters. The Bertz CT molecular complexity index is 576. The van der Waals surface area contributed by atoms with Crippen molar-refractivity contribution in [2.75, 3.05) is 20.3 Å². The van der Waals surface area contributed by atoms with Crippen LogP contribution in [0.15, 0.2) is 36.5 Å². The molecule has 0 aliphatic carbocycles. The van der Waals surface area contributed by atoms with E-state index in [0.29, 0.717) is 13.2 Å². The first kappa shape index (κ1) is 15.3. The van der Waals surface area contributed by atoms with Crippen molar-refractivity contribution in [1.82, 2.24) is 10.3 Å². The minimum atomic E-state index is -0.636. The molecule has 0 amide bonds. The highest BCUT2D eigenvalue weighted by molar-refractivity contribution is 5.29. The van der Waals surface area contributed by atoms with E-state index in [9.17, 15) is 8.78 Å². The van der Waals surface area contributed by atoms with Gasteiger partial charge in [-0.25, -0.2) is 13.8 Å². The van der Waals surface area contributed by atoms with E-state index in [1.807, 2.05) is 0 Å². The number of nitrogens with zero attached hydrogens (tertiary/aromatic N) is 1. The van der Waals surface area contributed by atoms with Crippen LogP contribution in [0.2, 0.25) is 0 Å². The molecule has 4 nitrogen and oxygen atoms in total. The maximum atomic E-state index is 13.4. The molecule has 1 aromatic carbocycles. The van der Waals surface area contributed by atoms with Crippen molar-refractivity contribution in [2.45, 2.75) is 6.54 Å². The molecule has 1 heterocycles. The van der Waals surface area contributed by atoms with Crippen LogP contribution in [-0.2, 0) is 11.3 Å². The SMILES string of the molecule is COCCNCc1ccc(Oc2cc(F)ccc2F)nc1. The first-order valence-corrected chi connectivity index (χ1v) is 6.46. The summed E-state index contributed by atoms with van der Waals surface area (Å²) in [5, 5.41) is 3.17. The van der Waals surface area contributed by atoms with E-state index in [0.717, 1.165) is 30.3 Å². The molecule has 0 radical (unpaired) electrons. The molecule has 6 heteroatoms. The van der Waals surface area contributed by atoms with E-state index in [4.69, 9.17) is 9.47 Å². The molecule has 0 saturated carbocycles. The van der Waals surface area contributed by atoms with E-state index in [1.165, 1.54) is 0 Å². The lowest BCUT2D eigenvalue weighted by Gasteiger charge is -2.07. The Kier molecular flexibility index (Phi) is 5.59. The van der Waals surface area contributed by atoms with Crippen LogP contribution in [-0.4, -0.2) is 25.2 Å². The third-order valence-corrected chi connectivity index (χ3v) is 2.72. The van der Waals surface area contributed by atoms with Gasteiger partial charge in [0.25, 0.3) is 0 Å². The van der Waals surface area contributed by atoms with Gasteiger partial charge in [0.05, 0.1) is 6.61 Å². The van der Waals surface area contributed by atoms with Crippen LogP contribution in [0, 0.1) is 11.6 Å². The van der Waals surface area contributed by atoms with Crippen molar-refractivity contribution < 1.29 is 18.3 Å². The van der Waals surface area contributed by atoms with Crippen LogP contribution in [0.1, 0.15) is 5.56 Å². The van der Waals surface area contributed by atoms with Crippen molar-refractivity contribution in [3.8, 4) is 11.6 Å². The maximum Gasteiger partial charge on any atom is 0.219 e. The molecule has 1 N–H and O–H groups in total. The van der Waals surface area contributed by atoms with E-state index < -0.39 is 11.6 Å². The first-order valence-electron chi connectivity index (χ1n) is 6.46. The van der Waals surface area contributed by atoms with Crippen LogP contribution in [0.25, 0.3) is 0 Å². The van der Waals surface area contributed by atoms with Crippen molar-refractivity contribution in [3.63, 3.8) is 0 Å². The molecule has 0 fully saturated rings. The zero-order valence-electron chi connectivity index (χ0n) is 11.6. The lowest BCUT2D eigenvalue weighted by Crippen LogP contribution is -2.18. The highest BCUT2D eigenvalue weighted by atomic mass is 19.1. The summed E-state index contributed by atoms with van der Waals surface area (Å²) < 4.78 is 36.6. The molecule has 21 heavy (non-hydrogen) atoms. The summed E-state index contributed by atoms with van der Waals surface area (Å²) in [6.45, 7) is 2.02. The van der Waals surface area contributed by atoms with E-state index in [2.05, 4.69) is 10.3 Å². The molecular formula is C15H16F2N2O2. The topological polar surface area (TPSA) is 43.4 Å². The number of halogens is 2. The zero-order valence-corrected chi connectivity index (χ0v) is 11.6. The average Bonchev–Trinajstić information content (AvgIpc) is 2.49. The minimum absolute atomic E-state index is 0.187. The molecule has 0 saturated heterocycles. The normalized spacial score (nSPS) is 10.6. The maximum absolute atomic E-state index is 13.4. The predicted octanol–water partition coefficient (Wildman–Crippen LogP) is 2.89. The summed E-state index contributed by atoms with van der Waals surface area (Å²) in [4.78, 5) is 4.06. The van der Waals surface area contributed by atoms with Gasteiger partial charge >= 0.3 is 0 Å². The Morgan fingerprint density at radius 3 is 2.76 bits per heavy atom. The highest BCUT2D eigenvalue weighted by Gasteiger charge is 2.07. The lowest BCUT2D eigenvalue weighted by atomic mass is 10.3. The minimum Gasteiger partial charge on any atom is -0.436 e. The number of benzene rings is 1. The fourth-order valence-electron chi connectivity index (χ4n) is 1.65. The lowest BCUT2D eigenvalue weighted by molar-refractivity contribution is 0.199. The van der Waals surface area contributed by atoms with Crippen LogP contribution in [0.5, 0.6) is 11.6 Å². The van der Waals surface area contributed by atoms with Gasteiger partial charge in [-0.05, 0) is 17.7 Å². The highest BCUT2D eigenvalue weighted by Crippen LogP contribution is 2.23. The monoisotopic (exact) mass is 294 g/mol. The van der Waals surface area contributed by atoms with Gasteiger partial charge in [-0.2, -0.15) is 0 Å². The first-order chi connectivity index (χ1) is 10.2. The number of rotatable bonds is 7. The van der Waals surface area contributed by atoms with Gasteiger partial charge in [-0.1, -0.05) is 6.07 Å². The smallest absolute Gasteiger partial charge is 0.219 e. The van der Waals surface area contributed by atoms with E-state index >= 15 is 0 Å². The van der Waals surface area contributed by atoms with Crippen molar-refractivity contribution >= 4 is 0 Å². The summed E-state index contributed by atoms with van der Waals surface area (Å²) in [7, 11) is 1.64. The van der Waals surface area contributed by atoms with Crippen LogP contribution >= 0.6 is 0 Å². The average molecular weight is 294 g/mol. The quantitative estimate of drug-likeness (QED) is 0.797. The molecule has 2 rings (SSSR count). The second kappa shape index (κ2) is 7.66. The summed E-state index contributed by atoms with van der Waals surface area (Å²) in [6, 6.07) is 6.44. The molecule has 0 bridgehead atoms. The number of hydrogen-bond acceptors (Lipinski definition) is 4. The Labute approximate surface area is 121 Å². The van der Waals surface area contributed by atoms with Crippen LogP contribution in [0.4, 0.5) is 8.78 Å². The standard InChI is InChI=1S/C15H16F2N2O2/c1-20-7-6-18-9-11-2-5-15(19-10-11)21-14-8-12(16)3-4-13(14)17/h2-5,8,10,18H,6-7,9H2,1H3. The largest absolute Gasteiger partial charge is 0.436 e. The molecule has 2 aromatic rings. The number of hydrogen-bond donors (Lipinski definition) is 1. The molecule has 0 unspecified atom stereocenters. The van der Waals surface area contributed by atoms with Crippen molar-refractivity contribution in [1.29, 1.82) is 0 Å². The molecule has 0 aliphatic rings. The second-order valence-electron chi connectivity index (χ2n) is 4.35. The van der Waals surface area contributed by atoms with Gasteiger partial charge in [0, 0.05) is 38.5 Å². The fraction of sp³-hybridized carbons (Fsp3) is 0.267. The molecule has 1 aromatic heterocycles. The van der Waals surface area contributed by atoms with Gasteiger partial charge in [-0.15, -0.1) is 0 Å². The molecule has 112 valence electrons. The van der Waals surface area contributed by atoms with Crippen molar-refractivity contribution in [3.05, 3.63) is 53.7 Å². The van der Waals surface area contributed by atoms with Gasteiger partial charge in [0.1, 0.15) is 5.82 Å². The van der Waals surface area contributed by atoms with Gasteiger partial charge in [0.15, 0.2) is 11.6 Å². The fourth-order valence-corrected chi connectivity index (χ4v) is 1.65. The van der Waals surface area contributed by atoms with Gasteiger partial charge < -0.3 is 14.8 Å². The Morgan fingerprint density at radius 1 is 1.19 bits per heavy atom. The zero-order chi connectivity index (χ0) is 15.1. The number of pyridine rings is 1. The summed E-state index contributed by atoms with van der Waals surface area (Å²) in [5.41, 5.74) is 0.957. The van der Waals surface area contributed by atoms with E-state index in [-0.39, 0.29) is 11.6 Å². The van der Waals surface area contributed by atoms with Crippen LogP contribution in [0.3, 0.4) is 0 Å². The van der Waals surface area contributed by atoms with Gasteiger partial charge in [0.2, 0.25) is 5.88 Å². The Morgan fingerprint density at radius 2 is 2.05 bits per heavy atom. The van der Waals surface area contributed by atoms with Crippen LogP contribution < -0.4 is 10.1 Å². The van der Waals surface area contributed by atoms with Gasteiger partial charge in [-0.3, -0.25) is 0 Å². The Hall–Kier alpha value is -2.05. The number of aromatic nitrogens is 1. The molecular weight excluding hydrogens is 278 g/mol. The summed E-state index contributed by atoms with van der Waals surface area (Å²) in [5.74, 6) is -1.18. The second-order valence-corrected chi connectivity index (χ2v) is 4.35. The molecule has 0 aliphatic heterocycles. The number of ether oxygens (including phenoxy) is 2. The molecule has 0 spiro atoms.